The minimum Gasteiger partial charge on any atom is -0.388 e. The van der Waals surface area contributed by atoms with Gasteiger partial charge in [-0.1, -0.05) is 25.1 Å². The summed E-state index contributed by atoms with van der Waals surface area (Å²) in [5, 5.41) is 10.3. The maximum absolute atomic E-state index is 10.3. The Hall–Kier alpha value is -0.130. The maximum atomic E-state index is 10.3. The zero-order chi connectivity index (χ0) is 12.1. The van der Waals surface area contributed by atoms with Crippen molar-refractivity contribution in [2.45, 2.75) is 26.4 Å². The first-order valence-corrected chi connectivity index (χ1v) is 6.57. The molecule has 0 fully saturated rings. The molecule has 0 aliphatic carbocycles. The van der Waals surface area contributed by atoms with Crippen LogP contribution in [0.1, 0.15) is 30.6 Å². The average molecular weight is 334 g/mol. The molecule has 0 aliphatic rings. The predicted octanol–water partition coefficient (Wildman–Crippen LogP) is 3.31. The van der Waals surface area contributed by atoms with Gasteiger partial charge in [0.05, 0.1) is 6.10 Å². The van der Waals surface area contributed by atoms with E-state index in [-0.39, 0.29) is 5.92 Å². The zero-order valence-corrected chi connectivity index (χ0v) is 12.2. The molecule has 2 unspecified atom stereocenters. The van der Waals surface area contributed by atoms with Gasteiger partial charge in [-0.05, 0) is 53.0 Å². The van der Waals surface area contributed by atoms with Crippen LogP contribution in [0.25, 0.3) is 0 Å². The van der Waals surface area contributed by atoms with E-state index in [2.05, 4.69) is 42.5 Å². The Morgan fingerprint density at radius 1 is 1.44 bits per heavy atom. The molecular weight excluding hydrogens is 315 g/mol. The molecule has 2 atom stereocenters. The van der Waals surface area contributed by atoms with Gasteiger partial charge < -0.3 is 9.84 Å². The fourth-order valence-electron chi connectivity index (χ4n) is 1.67. The van der Waals surface area contributed by atoms with Crippen molar-refractivity contribution in [2.24, 2.45) is 5.92 Å². The summed E-state index contributed by atoms with van der Waals surface area (Å²) < 4.78 is 6.20. The Kier molecular flexibility index (Phi) is 5.72. The molecule has 1 aromatic carbocycles. The molecule has 1 aromatic rings. The lowest BCUT2D eigenvalue weighted by Crippen LogP contribution is -2.13. The van der Waals surface area contributed by atoms with Crippen LogP contribution in [0.4, 0.5) is 0 Å². The topological polar surface area (TPSA) is 29.5 Å². The third-order valence-electron chi connectivity index (χ3n) is 2.86. The molecule has 16 heavy (non-hydrogen) atoms. The van der Waals surface area contributed by atoms with E-state index in [0.717, 1.165) is 15.6 Å². The van der Waals surface area contributed by atoms with Gasteiger partial charge in [0, 0.05) is 17.3 Å². The predicted molar refractivity (Wildman–Crippen MR) is 74.5 cm³/mol. The molecule has 0 spiro atoms. The van der Waals surface area contributed by atoms with Crippen LogP contribution >= 0.6 is 22.6 Å². The monoisotopic (exact) mass is 334 g/mol. The van der Waals surface area contributed by atoms with Gasteiger partial charge in [0.2, 0.25) is 0 Å². The van der Waals surface area contributed by atoms with Crippen molar-refractivity contribution in [1.82, 2.24) is 0 Å². The van der Waals surface area contributed by atoms with Crippen molar-refractivity contribution in [3.05, 3.63) is 32.9 Å². The van der Waals surface area contributed by atoms with E-state index in [9.17, 15) is 5.11 Å². The highest BCUT2D eigenvalue weighted by molar-refractivity contribution is 14.1. The van der Waals surface area contributed by atoms with Crippen molar-refractivity contribution in [2.75, 3.05) is 13.7 Å². The van der Waals surface area contributed by atoms with Gasteiger partial charge in [-0.25, -0.2) is 0 Å². The van der Waals surface area contributed by atoms with Crippen molar-refractivity contribution < 1.29 is 9.84 Å². The van der Waals surface area contributed by atoms with Gasteiger partial charge in [0.15, 0.2) is 0 Å². The molecule has 0 saturated carbocycles. The number of rotatable bonds is 5. The first-order valence-electron chi connectivity index (χ1n) is 5.50. The molecule has 3 heteroatoms. The summed E-state index contributed by atoms with van der Waals surface area (Å²) in [7, 11) is 1.69. The lowest BCUT2D eigenvalue weighted by Gasteiger charge is -2.20. The third-order valence-corrected chi connectivity index (χ3v) is 4.33. The summed E-state index contributed by atoms with van der Waals surface area (Å²) >= 11 is 2.30. The van der Waals surface area contributed by atoms with Crippen LogP contribution in [0.3, 0.4) is 0 Å². The van der Waals surface area contributed by atoms with Crippen LogP contribution in [-0.2, 0) is 4.74 Å². The van der Waals surface area contributed by atoms with Crippen molar-refractivity contribution >= 4 is 22.6 Å². The smallest absolute Gasteiger partial charge is 0.0826 e. The second-order valence-corrected chi connectivity index (χ2v) is 5.26. The first kappa shape index (κ1) is 13.9. The van der Waals surface area contributed by atoms with Gasteiger partial charge in [0.25, 0.3) is 0 Å². The van der Waals surface area contributed by atoms with E-state index in [0.29, 0.717) is 6.61 Å². The summed E-state index contributed by atoms with van der Waals surface area (Å²) in [6.45, 7) is 4.82. The number of aliphatic hydroxyl groups excluding tert-OH is 1. The molecule has 0 bridgehead atoms. The molecule has 1 rings (SSSR count). The van der Waals surface area contributed by atoms with Crippen LogP contribution < -0.4 is 0 Å². The van der Waals surface area contributed by atoms with Crippen LogP contribution in [0.5, 0.6) is 0 Å². The largest absolute Gasteiger partial charge is 0.388 e. The lowest BCUT2D eigenvalue weighted by atomic mass is 9.94. The van der Waals surface area contributed by atoms with Crippen molar-refractivity contribution in [3.63, 3.8) is 0 Å². The molecule has 0 radical (unpaired) electrons. The zero-order valence-electron chi connectivity index (χ0n) is 10.0. The van der Waals surface area contributed by atoms with Crippen molar-refractivity contribution in [3.8, 4) is 0 Å². The number of hydrogen-bond donors (Lipinski definition) is 1. The summed E-state index contributed by atoms with van der Waals surface area (Å²) in [6, 6.07) is 6.07. The van der Waals surface area contributed by atoms with Crippen LogP contribution in [-0.4, -0.2) is 18.8 Å². The molecule has 0 heterocycles. The fraction of sp³-hybridized carbons (Fsp3) is 0.538. The molecule has 2 nitrogen and oxygen atoms in total. The highest BCUT2D eigenvalue weighted by Crippen LogP contribution is 2.29. The van der Waals surface area contributed by atoms with E-state index < -0.39 is 6.10 Å². The Morgan fingerprint density at radius 3 is 2.75 bits per heavy atom. The average Bonchev–Trinajstić information content (AvgIpc) is 2.28. The minimum atomic E-state index is -0.401. The van der Waals surface area contributed by atoms with E-state index in [1.807, 2.05) is 12.1 Å². The lowest BCUT2D eigenvalue weighted by molar-refractivity contribution is 0.0880. The highest BCUT2D eigenvalue weighted by atomic mass is 127. The number of hydrogen-bond acceptors (Lipinski definition) is 2. The second-order valence-electron chi connectivity index (χ2n) is 4.18. The Labute approximate surface area is 111 Å². The van der Waals surface area contributed by atoms with E-state index >= 15 is 0 Å². The minimum absolute atomic E-state index is 0.218. The number of halogens is 1. The highest BCUT2D eigenvalue weighted by Gasteiger charge is 2.18. The maximum Gasteiger partial charge on any atom is 0.0826 e. The Balaban J connectivity index is 2.79. The molecule has 0 amide bonds. The SMILES string of the molecule is COCCC(C)C(O)c1cccc(C)c1I. The fourth-order valence-corrected chi connectivity index (χ4v) is 2.35. The Bertz CT molecular complexity index is 339. The van der Waals surface area contributed by atoms with Crippen LogP contribution in [0.2, 0.25) is 0 Å². The summed E-state index contributed by atoms with van der Waals surface area (Å²) in [5.41, 5.74) is 2.25. The number of aliphatic hydroxyl groups is 1. The molecular formula is C13H19IO2. The standard InChI is InChI=1S/C13H19IO2/c1-9-5-4-6-11(12(9)14)13(15)10(2)7-8-16-3/h4-6,10,13,15H,7-8H2,1-3H3. The number of benzene rings is 1. The van der Waals surface area contributed by atoms with Gasteiger partial charge in [-0.2, -0.15) is 0 Å². The Morgan fingerprint density at radius 2 is 2.12 bits per heavy atom. The summed E-state index contributed by atoms with van der Waals surface area (Å²) in [5.74, 6) is 0.218. The van der Waals surface area contributed by atoms with Gasteiger partial charge in [-0.15, -0.1) is 0 Å². The van der Waals surface area contributed by atoms with E-state index in [1.165, 1.54) is 5.56 Å². The number of methoxy groups -OCH3 is 1. The van der Waals surface area contributed by atoms with E-state index in [1.54, 1.807) is 7.11 Å². The van der Waals surface area contributed by atoms with Crippen LogP contribution in [0, 0.1) is 16.4 Å². The molecule has 0 aromatic heterocycles. The molecule has 1 N–H and O–H groups in total. The summed E-state index contributed by atoms with van der Waals surface area (Å²) in [4.78, 5) is 0. The molecule has 90 valence electrons. The molecule has 0 aliphatic heterocycles. The summed E-state index contributed by atoms with van der Waals surface area (Å²) in [6.07, 6.45) is 0.476. The second kappa shape index (κ2) is 6.57. The van der Waals surface area contributed by atoms with Gasteiger partial charge >= 0.3 is 0 Å². The van der Waals surface area contributed by atoms with Gasteiger partial charge in [-0.3, -0.25) is 0 Å². The normalized spacial score (nSPS) is 14.8. The van der Waals surface area contributed by atoms with Crippen LogP contribution in [0.15, 0.2) is 18.2 Å². The van der Waals surface area contributed by atoms with E-state index in [4.69, 9.17) is 4.74 Å². The first-order chi connectivity index (χ1) is 7.57. The quantitative estimate of drug-likeness (QED) is 0.838. The third kappa shape index (κ3) is 3.43. The van der Waals surface area contributed by atoms with Gasteiger partial charge in [0.1, 0.15) is 0 Å². The number of ether oxygens (including phenoxy) is 1. The van der Waals surface area contributed by atoms with Crippen molar-refractivity contribution in [1.29, 1.82) is 0 Å². The number of aryl methyl sites for hydroxylation is 1. The molecule has 0 saturated heterocycles.